The van der Waals surface area contributed by atoms with Gasteiger partial charge in [-0.25, -0.2) is 0 Å². The summed E-state index contributed by atoms with van der Waals surface area (Å²) in [6, 6.07) is 0. The molecule has 0 fully saturated rings. The van der Waals surface area contributed by atoms with Crippen LogP contribution in [-0.4, -0.2) is 10.9 Å². The molecule has 0 aromatic heterocycles. The van der Waals surface area contributed by atoms with Gasteiger partial charge in [-0.15, -0.1) is 24.8 Å². The van der Waals surface area contributed by atoms with Crippen molar-refractivity contribution < 1.29 is 0 Å². The summed E-state index contributed by atoms with van der Waals surface area (Å²) in [7, 11) is 0. The summed E-state index contributed by atoms with van der Waals surface area (Å²) in [4.78, 5) is 0. The Morgan fingerprint density at radius 2 is 2.00 bits per heavy atom. The molecule has 0 radical (unpaired) electrons. The Kier molecular flexibility index (Phi) is 20.5. The third-order valence-corrected chi connectivity index (χ3v) is 0.900. The van der Waals surface area contributed by atoms with E-state index in [0.29, 0.717) is 0 Å². The quantitative estimate of drug-likeness (QED) is 0.470. The molecule has 52 valence electrons. The van der Waals surface area contributed by atoms with Crippen molar-refractivity contribution in [1.82, 2.24) is 0 Å². The predicted octanol–water partition coefficient (Wildman–Crippen LogP) is 1.48. The van der Waals surface area contributed by atoms with Gasteiger partial charge in [0.25, 0.3) is 0 Å². The molecule has 0 saturated carbocycles. The first-order chi connectivity index (χ1) is 2.77. The fourth-order valence-electron chi connectivity index (χ4n) is 0.156. The lowest BCUT2D eigenvalue weighted by Gasteiger charge is -1.85. The monoisotopic (exact) mass is 176 g/mol. The molecule has 0 atom stereocenters. The Balaban J connectivity index is -0.000000125. The lowest BCUT2D eigenvalue weighted by molar-refractivity contribution is 1.49. The van der Waals surface area contributed by atoms with Crippen LogP contribution in [0.4, 0.5) is 0 Å². The van der Waals surface area contributed by atoms with E-state index in [1.165, 1.54) is 11.8 Å². The molecular weight excluding hydrogens is 167 g/mol. The molecule has 0 aliphatic carbocycles. The zero-order chi connectivity index (χ0) is 4.99. The van der Waals surface area contributed by atoms with Crippen molar-refractivity contribution in [3.05, 3.63) is 0 Å². The number of nitrogens with two attached hydrogens (primary N) is 1. The van der Waals surface area contributed by atoms with Gasteiger partial charge in [0.1, 0.15) is 0 Å². The standard InChI is InChI=1S/C3H8N2S.2ClH/c1-2-6-3(4)5;;/h2H2,1H3,(H3,4,5);2*1H. The van der Waals surface area contributed by atoms with E-state index >= 15 is 0 Å². The van der Waals surface area contributed by atoms with E-state index in [4.69, 9.17) is 11.1 Å². The summed E-state index contributed by atoms with van der Waals surface area (Å²) in [5.41, 5.74) is 4.95. The van der Waals surface area contributed by atoms with E-state index in [1.54, 1.807) is 0 Å². The molecule has 2 nitrogen and oxygen atoms in total. The number of rotatable bonds is 1. The maximum absolute atomic E-state index is 6.64. The van der Waals surface area contributed by atoms with Crippen molar-refractivity contribution in [3.63, 3.8) is 0 Å². The first kappa shape index (κ1) is 15.8. The van der Waals surface area contributed by atoms with E-state index < -0.39 is 0 Å². The van der Waals surface area contributed by atoms with Gasteiger partial charge in [0.2, 0.25) is 0 Å². The van der Waals surface area contributed by atoms with Gasteiger partial charge in [-0.05, 0) is 5.75 Å². The van der Waals surface area contributed by atoms with Crippen molar-refractivity contribution in [1.29, 1.82) is 5.41 Å². The number of thioether (sulfide) groups is 1. The molecule has 0 unspecified atom stereocenters. The van der Waals surface area contributed by atoms with Crippen LogP contribution >= 0.6 is 36.6 Å². The molecule has 5 heteroatoms. The highest BCUT2D eigenvalue weighted by molar-refractivity contribution is 8.13. The normalized spacial score (nSPS) is 6.12. The molecule has 0 aliphatic rings. The zero-order valence-corrected chi connectivity index (χ0v) is 6.96. The van der Waals surface area contributed by atoms with Crippen LogP contribution in [0.25, 0.3) is 0 Å². The fraction of sp³-hybridized carbons (Fsp3) is 0.667. The SMILES string of the molecule is CCSC(=N)N.Cl.Cl. The van der Waals surface area contributed by atoms with Crippen molar-refractivity contribution in [2.75, 3.05) is 5.75 Å². The van der Waals surface area contributed by atoms with Crippen molar-refractivity contribution in [2.45, 2.75) is 6.92 Å². The van der Waals surface area contributed by atoms with Crippen molar-refractivity contribution in [2.24, 2.45) is 5.73 Å². The number of nitrogens with one attached hydrogen (secondary N) is 1. The molecule has 0 heterocycles. The van der Waals surface area contributed by atoms with Crippen LogP contribution < -0.4 is 5.73 Å². The maximum Gasteiger partial charge on any atom is 0.151 e. The van der Waals surface area contributed by atoms with Crippen LogP contribution in [0.2, 0.25) is 0 Å². The summed E-state index contributed by atoms with van der Waals surface area (Å²) in [6.07, 6.45) is 0. The van der Waals surface area contributed by atoms with Gasteiger partial charge < -0.3 is 5.73 Å². The lowest BCUT2D eigenvalue weighted by Crippen LogP contribution is -2.02. The van der Waals surface area contributed by atoms with E-state index in [-0.39, 0.29) is 30.0 Å². The third-order valence-electron chi connectivity index (χ3n) is 0.300. The van der Waals surface area contributed by atoms with Gasteiger partial charge in [-0.3, -0.25) is 5.41 Å². The van der Waals surface area contributed by atoms with Crippen molar-refractivity contribution in [3.8, 4) is 0 Å². The lowest BCUT2D eigenvalue weighted by atomic mass is 11.0. The molecule has 0 bridgehead atoms. The van der Waals surface area contributed by atoms with Gasteiger partial charge in [-0.2, -0.15) is 0 Å². The van der Waals surface area contributed by atoms with Crippen LogP contribution in [0.5, 0.6) is 0 Å². The molecule has 0 spiro atoms. The van der Waals surface area contributed by atoms with Crippen LogP contribution in [0.1, 0.15) is 6.92 Å². The van der Waals surface area contributed by atoms with E-state index in [1.807, 2.05) is 6.92 Å². The number of halogens is 2. The van der Waals surface area contributed by atoms with Crippen LogP contribution in [-0.2, 0) is 0 Å². The Labute approximate surface area is 65.9 Å². The van der Waals surface area contributed by atoms with Gasteiger partial charge >= 0.3 is 0 Å². The minimum absolute atomic E-state index is 0. The first-order valence-corrected chi connectivity index (χ1v) is 2.72. The van der Waals surface area contributed by atoms with E-state index in [9.17, 15) is 0 Å². The second-order valence-corrected chi connectivity index (χ2v) is 2.10. The second kappa shape index (κ2) is 10.4. The highest BCUT2D eigenvalue weighted by Gasteiger charge is 1.79. The molecule has 0 amide bonds. The molecule has 3 N–H and O–H groups in total. The van der Waals surface area contributed by atoms with Crippen LogP contribution in [0.15, 0.2) is 0 Å². The number of hydrogen-bond donors (Lipinski definition) is 2. The Bertz CT molecular complexity index is 59.2. The van der Waals surface area contributed by atoms with E-state index in [0.717, 1.165) is 5.75 Å². The molecule has 0 rings (SSSR count). The number of amidine groups is 1. The summed E-state index contributed by atoms with van der Waals surface area (Å²) in [5.74, 6) is 0.898. The molecule has 8 heavy (non-hydrogen) atoms. The zero-order valence-electron chi connectivity index (χ0n) is 4.51. The van der Waals surface area contributed by atoms with Gasteiger partial charge in [0, 0.05) is 0 Å². The molecule has 0 aliphatic heterocycles. The summed E-state index contributed by atoms with van der Waals surface area (Å²) < 4.78 is 0. The minimum atomic E-state index is 0. The predicted molar refractivity (Wildman–Crippen MR) is 44.5 cm³/mol. The highest BCUT2D eigenvalue weighted by atomic mass is 35.5. The smallest absolute Gasteiger partial charge is 0.151 e. The van der Waals surface area contributed by atoms with Crippen LogP contribution in [0, 0.1) is 5.41 Å². The molecular formula is C3H10Cl2N2S. The Morgan fingerprint density at radius 3 is 2.00 bits per heavy atom. The fourth-order valence-corrected chi connectivity index (χ4v) is 0.467. The van der Waals surface area contributed by atoms with Crippen molar-refractivity contribution >= 4 is 41.7 Å². The molecule has 0 aromatic rings. The average Bonchev–Trinajstić information content (AvgIpc) is 1.35. The number of hydrogen-bond acceptors (Lipinski definition) is 2. The molecule has 0 saturated heterocycles. The first-order valence-electron chi connectivity index (χ1n) is 1.74. The minimum Gasteiger partial charge on any atom is -0.379 e. The summed E-state index contributed by atoms with van der Waals surface area (Å²) >= 11 is 1.35. The largest absolute Gasteiger partial charge is 0.379 e. The summed E-state index contributed by atoms with van der Waals surface area (Å²) in [6.45, 7) is 1.96. The van der Waals surface area contributed by atoms with Crippen LogP contribution in [0.3, 0.4) is 0 Å². The van der Waals surface area contributed by atoms with E-state index in [2.05, 4.69) is 0 Å². The second-order valence-electron chi connectivity index (χ2n) is 0.797. The average molecular weight is 177 g/mol. The maximum atomic E-state index is 6.64. The Morgan fingerprint density at radius 1 is 1.62 bits per heavy atom. The highest BCUT2D eigenvalue weighted by Crippen LogP contribution is 1.92. The van der Waals surface area contributed by atoms with Gasteiger partial charge in [0.05, 0.1) is 0 Å². The topological polar surface area (TPSA) is 49.9 Å². The molecule has 0 aromatic carbocycles. The summed E-state index contributed by atoms with van der Waals surface area (Å²) in [5, 5.41) is 6.84. The van der Waals surface area contributed by atoms with Gasteiger partial charge in [-0.1, -0.05) is 18.7 Å². The third kappa shape index (κ3) is 16.1. The Hall–Kier alpha value is 0.400. The van der Waals surface area contributed by atoms with Gasteiger partial charge in [0.15, 0.2) is 5.17 Å².